The minimum absolute atomic E-state index is 0.0877. The number of hydrogen-bond donors (Lipinski definition) is 3. The van der Waals surface area contributed by atoms with Crippen LogP contribution in [0.25, 0.3) is 0 Å². The molecule has 0 aliphatic heterocycles. The van der Waals surface area contributed by atoms with Gasteiger partial charge in [0.2, 0.25) is 0 Å². The van der Waals surface area contributed by atoms with Crippen molar-refractivity contribution in [1.82, 2.24) is 5.32 Å². The van der Waals surface area contributed by atoms with Gasteiger partial charge in [-0.05, 0) is 30.4 Å². The fourth-order valence-corrected chi connectivity index (χ4v) is 2.94. The van der Waals surface area contributed by atoms with Crippen molar-refractivity contribution in [2.75, 3.05) is 6.61 Å². The summed E-state index contributed by atoms with van der Waals surface area (Å²) < 4.78 is 4.92. The third kappa shape index (κ3) is 4.37. The Kier molecular flexibility index (Phi) is 5.47. The molecule has 0 aromatic heterocycles. The van der Waals surface area contributed by atoms with Crippen molar-refractivity contribution in [3.63, 3.8) is 0 Å². The summed E-state index contributed by atoms with van der Waals surface area (Å²) in [4.78, 5) is 23.8. The molecule has 1 saturated carbocycles. The second-order valence-electron chi connectivity index (χ2n) is 6.22. The minimum atomic E-state index is -0.803. The molecule has 0 saturated heterocycles. The zero-order valence-corrected chi connectivity index (χ0v) is 13.4. The average Bonchev–Trinajstić information content (AvgIpc) is 2.49. The molecule has 6 heteroatoms. The van der Waals surface area contributed by atoms with Crippen LogP contribution in [0.2, 0.25) is 0 Å². The zero-order valence-electron chi connectivity index (χ0n) is 13.4. The second kappa shape index (κ2) is 7.35. The van der Waals surface area contributed by atoms with Crippen LogP contribution in [0.1, 0.15) is 43.5 Å². The highest BCUT2D eigenvalue weighted by molar-refractivity contribution is 5.94. The number of benzene rings is 1. The van der Waals surface area contributed by atoms with Gasteiger partial charge in [-0.3, -0.25) is 4.79 Å². The maximum Gasteiger partial charge on any atom is 0.342 e. The first kappa shape index (κ1) is 17.1. The fraction of sp³-hybridized carbons (Fsp3) is 0.529. The second-order valence-corrected chi connectivity index (χ2v) is 6.22. The van der Waals surface area contributed by atoms with Crippen LogP contribution in [0.4, 0.5) is 0 Å². The number of carbonyl (C=O) groups is 2. The van der Waals surface area contributed by atoms with Crippen LogP contribution in [-0.2, 0) is 9.53 Å². The number of amides is 1. The lowest BCUT2D eigenvalue weighted by Gasteiger charge is -2.34. The molecule has 1 amide bonds. The van der Waals surface area contributed by atoms with Crippen molar-refractivity contribution in [3.8, 4) is 11.5 Å². The van der Waals surface area contributed by atoms with Crippen LogP contribution >= 0.6 is 0 Å². The van der Waals surface area contributed by atoms with Gasteiger partial charge in [0.25, 0.3) is 5.91 Å². The first-order valence-corrected chi connectivity index (χ1v) is 7.87. The molecule has 1 aromatic rings. The number of hydrogen-bond acceptors (Lipinski definition) is 5. The number of carbonyl (C=O) groups excluding carboxylic acids is 2. The van der Waals surface area contributed by atoms with Gasteiger partial charge in [0.1, 0.15) is 17.1 Å². The van der Waals surface area contributed by atoms with Crippen molar-refractivity contribution in [3.05, 3.63) is 23.8 Å². The maximum absolute atomic E-state index is 11.9. The number of phenols is 2. The molecule has 3 atom stereocenters. The molecule has 1 aliphatic carbocycles. The van der Waals surface area contributed by atoms with Crippen LogP contribution in [0.15, 0.2) is 18.2 Å². The number of esters is 1. The van der Waals surface area contributed by atoms with Crippen LogP contribution in [-0.4, -0.2) is 34.7 Å². The Morgan fingerprint density at radius 3 is 2.70 bits per heavy atom. The zero-order chi connectivity index (χ0) is 17.0. The quantitative estimate of drug-likeness (QED) is 0.739. The van der Waals surface area contributed by atoms with Crippen LogP contribution < -0.4 is 5.32 Å². The van der Waals surface area contributed by atoms with E-state index in [-0.39, 0.29) is 29.0 Å². The smallest absolute Gasteiger partial charge is 0.342 e. The molecule has 0 heterocycles. The molecule has 126 valence electrons. The van der Waals surface area contributed by atoms with Gasteiger partial charge in [-0.1, -0.05) is 26.7 Å². The van der Waals surface area contributed by atoms with Crippen molar-refractivity contribution < 1.29 is 24.5 Å². The van der Waals surface area contributed by atoms with Crippen LogP contribution in [0.5, 0.6) is 11.5 Å². The standard InChI is InChI=1S/C17H23NO5/c1-10-4-3-5-14(11(10)2)18-16(21)9-23-17(22)13-7-6-12(19)8-15(13)20/h6-8,10-11,14,19-20H,3-5,9H2,1-2H3,(H,18,21)/t10-,11-,14-/m1/s1. The molecule has 0 bridgehead atoms. The van der Waals surface area contributed by atoms with E-state index in [9.17, 15) is 19.8 Å². The van der Waals surface area contributed by atoms with Gasteiger partial charge in [-0.25, -0.2) is 4.79 Å². The molecule has 6 nitrogen and oxygen atoms in total. The number of aromatic hydroxyl groups is 2. The van der Waals surface area contributed by atoms with Crippen LogP contribution in [0.3, 0.4) is 0 Å². The lowest BCUT2D eigenvalue weighted by molar-refractivity contribution is -0.125. The molecule has 0 unspecified atom stereocenters. The van der Waals surface area contributed by atoms with Crippen LogP contribution in [0, 0.1) is 11.8 Å². The monoisotopic (exact) mass is 321 g/mol. The van der Waals surface area contributed by atoms with E-state index in [1.54, 1.807) is 0 Å². The van der Waals surface area contributed by atoms with Gasteiger partial charge >= 0.3 is 5.97 Å². The summed E-state index contributed by atoms with van der Waals surface area (Å²) in [5.74, 6) is -0.734. The minimum Gasteiger partial charge on any atom is -0.508 e. The third-order valence-electron chi connectivity index (χ3n) is 4.59. The van der Waals surface area contributed by atoms with E-state index in [1.165, 1.54) is 18.6 Å². The van der Waals surface area contributed by atoms with E-state index >= 15 is 0 Å². The first-order chi connectivity index (χ1) is 10.9. The van der Waals surface area contributed by atoms with Gasteiger partial charge in [0.15, 0.2) is 6.61 Å². The maximum atomic E-state index is 11.9. The van der Waals surface area contributed by atoms with E-state index in [2.05, 4.69) is 19.2 Å². The molecule has 2 rings (SSSR count). The SMILES string of the molecule is C[C@@H]1[C@H](C)CCC[C@H]1NC(=O)COC(=O)c1ccc(O)cc1O. The number of phenolic OH excluding ortho intramolecular Hbond substituents is 2. The molecular weight excluding hydrogens is 298 g/mol. The Bertz CT molecular complexity index is 586. The summed E-state index contributed by atoms with van der Waals surface area (Å²) >= 11 is 0. The summed E-state index contributed by atoms with van der Waals surface area (Å²) in [7, 11) is 0. The lowest BCUT2D eigenvalue weighted by Crippen LogP contribution is -2.45. The normalized spacial score (nSPS) is 24.0. The Labute approximate surface area is 135 Å². The fourth-order valence-electron chi connectivity index (χ4n) is 2.94. The highest BCUT2D eigenvalue weighted by Gasteiger charge is 2.28. The van der Waals surface area contributed by atoms with Crippen molar-refractivity contribution in [2.45, 2.75) is 39.2 Å². The third-order valence-corrected chi connectivity index (χ3v) is 4.59. The van der Waals surface area contributed by atoms with Crippen molar-refractivity contribution >= 4 is 11.9 Å². The summed E-state index contributed by atoms with van der Waals surface area (Å²) in [6.45, 7) is 3.91. The van der Waals surface area contributed by atoms with Crippen molar-refractivity contribution in [1.29, 1.82) is 0 Å². The summed E-state index contributed by atoms with van der Waals surface area (Å²) in [6, 6.07) is 3.66. The predicted octanol–water partition coefficient (Wildman–Crippen LogP) is 2.20. The molecule has 0 spiro atoms. The summed E-state index contributed by atoms with van der Waals surface area (Å²) in [6.07, 6.45) is 3.18. The molecule has 1 fully saturated rings. The van der Waals surface area contributed by atoms with Gasteiger partial charge in [-0.2, -0.15) is 0 Å². The molecule has 1 aromatic carbocycles. The van der Waals surface area contributed by atoms with Crippen molar-refractivity contribution in [2.24, 2.45) is 11.8 Å². The number of rotatable bonds is 4. The highest BCUT2D eigenvalue weighted by atomic mass is 16.5. The highest BCUT2D eigenvalue weighted by Crippen LogP contribution is 2.29. The number of nitrogens with one attached hydrogen (secondary N) is 1. The van der Waals surface area contributed by atoms with Gasteiger partial charge in [-0.15, -0.1) is 0 Å². The Morgan fingerprint density at radius 2 is 2.00 bits per heavy atom. The lowest BCUT2D eigenvalue weighted by atomic mass is 9.78. The van der Waals surface area contributed by atoms with E-state index in [0.717, 1.165) is 18.9 Å². The largest absolute Gasteiger partial charge is 0.508 e. The Hall–Kier alpha value is -2.24. The van der Waals surface area contributed by atoms with E-state index in [0.29, 0.717) is 11.8 Å². The van der Waals surface area contributed by atoms with Gasteiger partial charge < -0.3 is 20.3 Å². The number of ether oxygens (including phenoxy) is 1. The van der Waals surface area contributed by atoms with E-state index in [1.807, 2.05) is 0 Å². The predicted molar refractivity (Wildman–Crippen MR) is 84.2 cm³/mol. The topological polar surface area (TPSA) is 95.9 Å². The molecule has 23 heavy (non-hydrogen) atoms. The summed E-state index contributed by atoms with van der Waals surface area (Å²) in [5.41, 5.74) is -0.0877. The molecule has 0 radical (unpaired) electrons. The molecular formula is C17H23NO5. The Morgan fingerprint density at radius 1 is 1.26 bits per heavy atom. The van der Waals surface area contributed by atoms with E-state index < -0.39 is 12.6 Å². The van der Waals surface area contributed by atoms with Gasteiger partial charge in [0, 0.05) is 12.1 Å². The summed E-state index contributed by atoms with van der Waals surface area (Å²) in [5, 5.41) is 21.7. The average molecular weight is 321 g/mol. The van der Waals surface area contributed by atoms with Gasteiger partial charge in [0.05, 0.1) is 0 Å². The first-order valence-electron chi connectivity index (χ1n) is 7.87. The van der Waals surface area contributed by atoms with E-state index in [4.69, 9.17) is 4.74 Å². The molecule has 1 aliphatic rings. The molecule has 3 N–H and O–H groups in total. The Balaban J connectivity index is 1.85.